The molecule has 1 aromatic rings. The molecule has 0 bridgehead atoms. The minimum Gasteiger partial charge on any atom is -0.502 e. The van der Waals surface area contributed by atoms with Gasteiger partial charge in [-0.05, 0) is 6.07 Å². The number of halogens is 2. The number of phenolic OH excluding ortho intramolecular Hbond substituents is 1. The van der Waals surface area contributed by atoms with Crippen LogP contribution < -0.4 is 4.90 Å². The van der Waals surface area contributed by atoms with Crippen molar-refractivity contribution in [1.82, 2.24) is 0 Å². The number of nitrogens with zero attached hydrogens (tertiary/aromatic N) is 2. The van der Waals surface area contributed by atoms with Gasteiger partial charge in [-0.2, -0.15) is 0 Å². The summed E-state index contributed by atoms with van der Waals surface area (Å²) >= 11 is 0. The first-order valence-corrected chi connectivity index (χ1v) is 5.49. The van der Waals surface area contributed by atoms with E-state index < -0.39 is 16.6 Å². The summed E-state index contributed by atoms with van der Waals surface area (Å²) in [6, 6.07) is 3.88. The number of phenols is 1. The number of nitro benzene ring substituents is 1. The fourth-order valence-corrected chi connectivity index (χ4v) is 1.95. The van der Waals surface area contributed by atoms with Gasteiger partial charge in [0.2, 0.25) is 0 Å². The lowest BCUT2D eigenvalue weighted by molar-refractivity contribution is -0.385. The maximum absolute atomic E-state index is 13.0. The van der Waals surface area contributed by atoms with Gasteiger partial charge >= 0.3 is 5.69 Å². The highest BCUT2D eigenvalue weighted by molar-refractivity contribution is 5.58. The normalized spacial score (nSPS) is 18.7. The minimum atomic E-state index is -2.64. The largest absolute Gasteiger partial charge is 0.502 e. The second-order valence-corrected chi connectivity index (χ2v) is 4.27. The summed E-state index contributed by atoms with van der Waals surface area (Å²) in [5.41, 5.74) is 0.134. The van der Waals surface area contributed by atoms with Crippen molar-refractivity contribution in [3.8, 4) is 5.75 Å². The van der Waals surface area contributed by atoms with Crippen LogP contribution in [0.1, 0.15) is 12.8 Å². The molecular formula is C11H12F2N2O3. The van der Waals surface area contributed by atoms with E-state index >= 15 is 0 Å². The molecule has 1 saturated heterocycles. The van der Waals surface area contributed by atoms with Crippen molar-refractivity contribution in [3.63, 3.8) is 0 Å². The van der Waals surface area contributed by atoms with Crippen molar-refractivity contribution >= 4 is 11.4 Å². The second-order valence-electron chi connectivity index (χ2n) is 4.27. The van der Waals surface area contributed by atoms with Gasteiger partial charge in [0.25, 0.3) is 5.92 Å². The van der Waals surface area contributed by atoms with E-state index in [1.807, 2.05) is 0 Å². The van der Waals surface area contributed by atoms with Crippen LogP contribution >= 0.6 is 0 Å². The number of piperidine rings is 1. The topological polar surface area (TPSA) is 66.6 Å². The van der Waals surface area contributed by atoms with Crippen molar-refractivity contribution in [1.29, 1.82) is 0 Å². The third kappa shape index (κ3) is 2.49. The predicted octanol–water partition coefficient (Wildman–Crippen LogP) is 2.54. The predicted molar refractivity (Wildman–Crippen MR) is 61.2 cm³/mol. The SMILES string of the molecule is O=[N+]([O-])c1ccc(N2CCC(F)(F)CC2)cc1O. The molecule has 0 spiro atoms. The molecule has 0 atom stereocenters. The zero-order valence-electron chi connectivity index (χ0n) is 9.47. The Morgan fingerprint density at radius 1 is 1.33 bits per heavy atom. The number of rotatable bonds is 2. The fraction of sp³-hybridized carbons (Fsp3) is 0.455. The third-order valence-electron chi connectivity index (χ3n) is 3.02. The van der Waals surface area contributed by atoms with E-state index in [9.17, 15) is 24.0 Å². The summed E-state index contributed by atoms with van der Waals surface area (Å²) in [6.07, 6.45) is -0.491. The Morgan fingerprint density at radius 2 is 1.94 bits per heavy atom. The Labute approximate surface area is 102 Å². The number of aromatic hydroxyl groups is 1. The van der Waals surface area contributed by atoms with Crippen LogP contribution in [0.4, 0.5) is 20.2 Å². The Bertz CT molecular complexity index is 469. The van der Waals surface area contributed by atoms with Gasteiger partial charge in [-0.25, -0.2) is 8.78 Å². The van der Waals surface area contributed by atoms with Gasteiger partial charge in [-0.3, -0.25) is 10.1 Å². The number of alkyl halides is 2. The molecule has 1 aromatic carbocycles. The van der Waals surface area contributed by atoms with E-state index in [-0.39, 0.29) is 31.6 Å². The van der Waals surface area contributed by atoms with E-state index in [1.54, 1.807) is 4.90 Å². The highest BCUT2D eigenvalue weighted by Gasteiger charge is 2.34. The summed E-state index contributed by atoms with van der Waals surface area (Å²) in [5.74, 6) is -3.09. The lowest BCUT2D eigenvalue weighted by atomic mass is 10.1. The van der Waals surface area contributed by atoms with Gasteiger partial charge in [0, 0.05) is 43.8 Å². The molecule has 0 aliphatic carbocycles. The first kappa shape index (κ1) is 12.5. The summed E-state index contributed by atoms with van der Waals surface area (Å²) in [4.78, 5) is 11.5. The lowest BCUT2D eigenvalue weighted by Crippen LogP contribution is -2.39. The molecular weight excluding hydrogens is 246 g/mol. The van der Waals surface area contributed by atoms with Crippen LogP contribution in [0.3, 0.4) is 0 Å². The number of benzene rings is 1. The Morgan fingerprint density at radius 3 is 2.44 bits per heavy atom. The zero-order chi connectivity index (χ0) is 13.3. The maximum Gasteiger partial charge on any atom is 0.310 e. The number of anilines is 1. The molecule has 98 valence electrons. The molecule has 1 aliphatic heterocycles. The number of hydrogen-bond acceptors (Lipinski definition) is 4. The van der Waals surface area contributed by atoms with Gasteiger partial charge < -0.3 is 10.0 Å². The van der Waals surface area contributed by atoms with Crippen LogP contribution in [-0.4, -0.2) is 29.0 Å². The van der Waals surface area contributed by atoms with Crippen LogP contribution in [0, 0.1) is 10.1 Å². The van der Waals surface area contributed by atoms with Gasteiger partial charge in [0.05, 0.1) is 4.92 Å². The van der Waals surface area contributed by atoms with Crippen molar-refractivity contribution in [3.05, 3.63) is 28.3 Å². The van der Waals surface area contributed by atoms with Crippen LogP contribution in [0.2, 0.25) is 0 Å². The van der Waals surface area contributed by atoms with Gasteiger partial charge in [0.15, 0.2) is 5.75 Å². The minimum absolute atomic E-state index is 0.171. The number of hydrogen-bond donors (Lipinski definition) is 1. The molecule has 1 fully saturated rings. The average molecular weight is 258 g/mol. The van der Waals surface area contributed by atoms with Gasteiger partial charge in [-0.1, -0.05) is 0 Å². The quantitative estimate of drug-likeness (QED) is 0.654. The molecule has 2 rings (SSSR count). The molecule has 1 heterocycles. The summed E-state index contributed by atoms with van der Waals surface area (Å²) in [7, 11) is 0. The number of nitro groups is 1. The highest BCUT2D eigenvalue weighted by Crippen LogP contribution is 2.34. The summed E-state index contributed by atoms with van der Waals surface area (Å²) < 4.78 is 26.0. The molecule has 1 N–H and O–H groups in total. The third-order valence-corrected chi connectivity index (χ3v) is 3.02. The molecule has 5 nitrogen and oxygen atoms in total. The molecule has 0 radical (unpaired) electrons. The van der Waals surface area contributed by atoms with Crippen molar-refractivity contribution < 1.29 is 18.8 Å². The molecule has 0 amide bonds. The average Bonchev–Trinajstić information content (AvgIpc) is 2.28. The van der Waals surface area contributed by atoms with E-state index in [4.69, 9.17) is 0 Å². The standard InChI is InChI=1S/C11H12F2N2O3/c12-11(13)3-5-14(6-4-11)8-1-2-9(15(17)18)10(16)7-8/h1-2,7,16H,3-6H2. The first-order chi connectivity index (χ1) is 8.39. The van der Waals surface area contributed by atoms with Crippen LogP contribution in [0.25, 0.3) is 0 Å². The lowest BCUT2D eigenvalue weighted by Gasteiger charge is -2.33. The van der Waals surface area contributed by atoms with E-state index in [1.165, 1.54) is 18.2 Å². The summed E-state index contributed by atoms with van der Waals surface area (Å²) in [6.45, 7) is 0.342. The smallest absolute Gasteiger partial charge is 0.310 e. The van der Waals surface area contributed by atoms with E-state index in [0.29, 0.717) is 5.69 Å². The van der Waals surface area contributed by atoms with Crippen LogP contribution in [0.5, 0.6) is 5.75 Å². The Kier molecular flexibility index (Phi) is 3.06. The van der Waals surface area contributed by atoms with Gasteiger partial charge in [-0.15, -0.1) is 0 Å². The van der Waals surface area contributed by atoms with Crippen LogP contribution in [-0.2, 0) is 0 Å². The monoisotopic (exact) mass is 258 g/mol. The van der Waals surface area contributed by atoms with E-state index in [2.05, 4.69) is 0 Å². The molecule has 1 aliphatic rings. The molecule has 7 heteroatoms. The van der Waals surface area contributed by atoms with Crippen molar-refractivity contribution in [2.24, 2.45) is 0 Å². The van der Waals surface area contributed by atoms with E-state index in [0.717, 1.165) is 0 Å². The molecule has 0 saturated carbocycles. The Balaban J connectivity index is 2.16. The second kappa shape index (κ2) is 4.40. The fourth-order valence-electron chi connectivity index (χ4n) is 1.95. The molecule has 0 aromatic heterocycles. The van der Waals surface area contributed by atoms with Crippen LogP contribution in [0.15, 0.2) is 18.2 Å². The van der Waals surface area contributed by atoms with Crippen molar-refractivity contribution in [2.45, 2.75) is 18.8 Å². The zero-order valence-corrected chi connectivity index (χ0v) is 9.47. The van der Waals surface area contributed by atoms with Gasteiger partial charge in [0.1, 0.15) is 0 Å². The molecule has 18 heavy (non-hydrogen) atoms. The highest BCUT2D eigenvalue weighted by atomic mass is 19.3. The first-order valence-electron chi connectivity index (χ1n) is 5.49. The molecule has 0 unspecified atom stereocenters. The summed E-state index contributed by atoms with van der Waals surface area (Å²) in [5, 5.41) is 20.0. The maximum atomic E-state index is 13.0. The Hall–Kier alpha value is -1.92. The van der Waals surface area contributed by atoms with Crippen molar-refractivity contribution in [2.75, 3.05) is 18.0 Å².